The Morgan fingerprint density at radius 1 is 1.50 bits per heavy atom. The number of carbonyl (C=O) groups excluding carboxylic acids is 1. The van der Waals surface area contributed by atoms with Crippen molar-refractivity contribution >= 4 is 12.0 Å². The molecule has 2 heterocycles. The summed E-state index contributed by atoms with van der Waals surface area (Å²) in [5.74, 6) is 0.701. The van der Waals surface area contributed by atoms with E-state index in [4.69, 9.17) is 9.15 Å². The van der Waals surface area contributed by atoms with Gasteiger partial charge in [0, 0.05) is 6.08 Å². The van der Waals surface area contributed by atoms with Crippen LogP contribution in [0.15, 0.2) is 34.0 Å². The highest BCUT2D eigenvalue weighted by atomic mass is 16.5. The molecule has 0 fully saturated rings. The fraction of sp³-hybridized carbons (Fsp3) is 0.400. The lowest BCUT2D eigenvalue weighted by Gasteiger charge is -2.01. The maximum Gasteiger partial charge on any atom is 0.331 e. The van der Waals surface area contributed by atoms with Crippen molar-refractivity contribution in [3.05, 3.63) is 40.9 Å². The van der Waals surface area contributed by atoms with Crippen LogP contribution in [0.1, 0.15) is 37.5 Å². The van der Waals surface area contributed by atoms with Crippen LogP contribution >= 0.6 is 0 Å². The Labute approximate surface area is 107 Å². The van der Waals surface area contributed by atoms with E-state index in [0.717, 1.165) is 36.2 Å². The Balaban J connectivity index is 1.78. The van der Waals surface area contributed by atoms with Crippen molar-refractivity contribution in [3.8, 4) is 0 Å². The third-order valence-corrected chi connectivity index (χ3v) is 2.93. The minimum atomic E-state index is -0.205. The number of hydrogen-bond acceptors (Lipinski definition) is 3. The summed E-state index contributed by atoms with van der Waals surface area (Å²) in [6.07, 6.45) is 8.39. The van der Waals surface area contributed by atoms with E-state index in [0.29, 0.717) is 6.61 Å². The number of cyclic esters (lactones) is 1. The lowest BCUT2D eigenvalue weighted by Crippen LogP contribution is -1.91. The van der Waals surface area contributed by atoms with Crippen LogP contribution in [0.4, 0.5) is 0 Å². The van der Waals surface area contributed by atoms with E-state index in [1.54, 1.807) is 12.3 Å². The molecule has 2 rings (SSSR count). The molecular weight excluding hydrogens is 228 g/mol. The molecule has 0 spiro atoms. The smallest absolute Gasteiger partial charge is 0.331 e. The predicted octanol–water partition coefficient (Wildman–Crippen LogP) is 3.64. The van der Waals surface area contributed by atoms with Gasteiger partial charge in [-0.3, -0.25) is 0 Å². The van der Waals surface area contributed by atoms with Gasteiger partial charge in [-0.15, -0.1) is 0 Å². The Kier molecular flexibility index (Phi) is 4.03. The van der Waals surface area contributed by atoms with E-state index < -0.39 is 0 Å². The predicted molar refractivity (Wildman–Crippen MR) is 70.0 cm³/mol. The van der Waals surface area contributed by atoms with Gasteiger partial charge in [-0.25, -0.2) is 4.79 Å². The maximum atomic E-state index is 10.9. The zero-order valence-corrected chi connectivity index (χ0v) is 10.9. The molecule has 0 radical (unpaired) electrons. The monoisotopic (exact) mass is 246 g/mol. The lowest BCUT2D eigenvalue weighted by molar-refractivity contribution is -0.134. The topological polar surface area (TPSA) is 39.4 Å². The minimum Gasteiger partial charge on any atom is -0.465 e. The molecule has 1 aliphatic heterocycles. The fourth-order valence-electron chi connectivity index (χ4n) is 2.00. The van der Waals surface area contributed by atoms with E-state index in [2.05, 4.69) is 13.0 Å². The summed E-state index contributed by atoms with van der Waals surface area (Å²) in [6, 6.07) is 2.02. The molecule has 96 valence electrons. The summed E-state index contributed by atoms with van der Waals surface area (Å²) < 4.78 is 10.2. The largest absolute Gasteiger partial charge is 0.465 e. The average molecular weight is 246 g/mol. The molecule has 0 atom stereocenters. The molecule has 0 saturated heterocycles. The SMILES string of the molecule is CC(=Cc1cc(C)co1)CCCC1=CC(=O)OC1. The summed E-state index contributed by atoms with van der Waals surface area (Å²) in [5.41, 5.74) is 3.53. The van der Waals surface area contributed by atoms with Crippen LogP contribution < -0.4 is 0 Å². The highest BCUT2D eigenvalue weighted by Crippen LogP contribution is 2.18. The molecule has 1 aliphatic rings. The normalized spacial score (nSPS) is 15.8. The Hall–Kier alpha value is -1.77. The summed E-state index contributed by atoms with van der Waals surface area (Å²) in [6.45, 7) is 4.58. The van der Waals surface area contributed by atoms with Crippen molar-refractivity contribution in [2.75, 3.05) is 6.61 Å². The third kappa shape index (κ3) is 3.62. The average Bonchev–Trinajstić information content (AvgIpc) is 2.88. The van der Waals surface area contributed by atoms with E-state index in [-0.39, 0.29) is 5.97 Å². The Bertz CT molecular complexity index is 492. The number of ether oxygens (including phenoxy) is 1. The van der Waals surface area contributed by atoms with Crippen molar-refractivity contribution in [3.63, 3.8) is 0 Å². The molecule has 0 aromatic carbocycles. The second-order valence-electron chi connectivity index (χ2n) is 4.78. The Morgan fingerprint density at radius 3 is 2.94 bits per heavy atom. The number of carbonyl (C=O) groups is 1. The molecule has 0 amide bonds. The lowest BCUT2D eigenvalue weighted by atomic mass is 10.1. The molecular formula is C15H18O3. The first-order chi connectivity index (χ1) is 8.63. The highest BCUT2D eigenvalue weighted by Gasteiger charge is 2.11. The van der Waals surface area contributed by atoms with Gasteiger partial charge in [0.2, 0.25) is 0 Å². The van der Waals surface area contributed by atoms with Crippen LogP contribution in [0.2, 0.25) is 0 Å². The molecule has 18 heavy (non-hydrogen) atoms. The first-order valence-corrected chi connectivity index (χ1v) is 6.22. The van der Waals surface area contributed by atoms with Crippen LogP contribution in [0, 0.1) is 6.92 Å². The molecule has 0 aliphatic carbocycles. The second kappa shape index (κ2) is 5.71. The summed E-state index contributed by atoms with van der Waals surface area (Å²) >= 11 is 0. The van der Waals surface area contributed by atoms with Crippen LogP contribution in [0.3, 0.4) is 0 Å². The van der Waals surface area contributed by atoms with Gasteiger partial charge in [0.25, 0.3) is 0 Å². The number of hydrogen-bond donors (Lipinski definition) is 0. The molecule has 0 saturated carbocycles. The molecule has 1 aromatic heterocycles. The van der Waals surface area contributed by atoms with E-state index in [1.807, 2.05) is 13.0 Å². The van der Waals surface area contributed by atoms with Crippen LogP contribution in [-0.4, -0.2) is 12.6 Å². The van der Waals surface area contributed by atoms with Gasteiger partial charge in [-0.2, -0.15) is 0 Å². The molecule has 0 unspecified atom stereocenters. The van der Waals surface area contributed by atoms with Crippen molar-refractivity contribution in [2.24, 2.45) is 0 Å². The zero-order chi connectivity index (χ0) is 13.0. The zero-order valence-electron chi connectivity index (χ0n) is 10.9. The van der Waals surface area contributed by atoms with Crippen molar-refractivity contribution in [1.82, 2.24) is 0 Å². The van der Waals surface area contributed by atoms with Crippen molar-refractivity contribution < 1.29 is 13.9 Å². The van der Waals surface area contributed by atoms with Crippen LogP contribution in [0.25, 0.3) is 6.08 Å². The number of aryl methyl sites for hydroxylation is 1. The number of rotatable bonds is 5. The maximum absolute atomic E-state index is 10.9. The molecule has 0 N–H and O–H groups in total. The van der Waals surface area contributed by atoms with Crippen molar-refractivity contribution in [2.45, 2.75) is 33.1 Å². The van der Waals surface area contributed by atoms with E-state index >= 15 is 0 Å². The second-order valence-corrected chi connectivity index (χ2v) is 4.78. The Morgan fingerprint density at radius 2 is 2.33 bits per heavy atom. The number of esters is 1. The van der Waals surface area contributed by atoms with E-state index in [9.17, 15) is 4.79 Å². The van der Waals surface area contributed by atoms with Gasteiger partial charge in [-0.1, -0.05) is 5.57 Å². The van der Waals surface area contributed by atoms with Crippen LogP contribution in [-0.2, 0) is 9.53 Å². The fourth-order valence-corrected chi connectivity index (χ4v) is 2.00. The molecule has 3 nitrogen and oxygen atoms in total. The van der Waals surface area contributed by atoms with Gasteiger partial charge >= 0.3 is 5.97 Å². The van der Waals surface area contributed by atoms with E-state index in [1.165, 1.54) is 5.57 Å². The summed E-state index contributed by atoms with van der Waals surface area (Å²) in [4.78, 5) is 10.9. The highest BCUT2D eigenvalue weighted by molar-refractivity contribution is 5.85. The third-order valence-electron chi connectivity index (χ3n) is 2.93. The molecule has 3 heteroatoms. The van der Waals surface area contributed by atoms with Gasteiger partial charge in [0.15, 0.2) is 0 Å². The minimum absolute atomic E-state index is 0.205. The standard InChI is InChI=1S/C15H18O3/c1-11(6-14-7-12(2)9-17-14)4-3-5-13-8-15(16)18-10-13/h6-9H,3-5,10H2,1-2H3. The van der Waals surface area contributed by atoms with Crippen LogP contribution in [0.5, 0.6) is 0 Å². The summed E-state index contributed by atoms with van der Waals surface area (Å²) in [5, 5.41) is 0. The van der Waals surface area contributed by atoms with Gasteiger partial charge in [0.1, 0.15) is 12.4 Å². The van der Waals surface area contributed by atoms with Gasteiger partial charge < -0.3 is 9.15 Å². The molecule has 0 bridgehead atoms. The number of allylic oxidation sites excluding steroid dienone is 1. The van der Waals surface area contributed by atoms with Gasteiger partial charge in [0.05, 0.1) is 6.26 Å². The first kappa shape index (κ1) is 12.7. The first-order valence-electron chi connectivity index (χ1n) is 6.22. The van der Waals surface area contributed by atoms with Gasteiger partial charge in [-0.05, 0) is 56.4 Å². The number of furan rings is 1. The molecule has 1 aromatic rings. The summed E-state index contributed by atoms with van der Waals surface area (Å²) in [7, 11) is 0. The quantitative estimate of drug-likeness (QED) is 0.744. The van der Waals surface area contributed by atoms with Crippen molar-refractivity contribution in [1.29, 1.82) is 0 Å².